The minimum atomic E-state index is -0.0987. The number of fused-ring (bicyclic) bond motifs is 3. The van der Waals surface area contributed by atoms with E-state index < -0.39 is 0 Å². The van der Waals surface area contributed by atoms with E-state index in [9.17, 15) is 0 Å². The first-order valence-electron chi connectivity index (χ1n) is 6.06. The Hall–Kier alpha value is -1.88. The highest BCUT2D eigenvalue weighted by atomic mass is 16.5. The summed E-state index contributed by atoms with van der Waals surface area (Å²) in [6.07, 6.45) is 0.976. The molecule has 0 fully saturated rings. The van der Waals surface area contributed by atoms with Gasteiger partial charge in [-0.15, -0.1) is 10.2 Å². The van der Waals surface area contributed by atoms with Crippen LogP contribution in [-0.2, 0) is 13.0 Å². The molecule has 5 heteroatoms. The second-order valence-electron chi connectivity index (χ2n) is 4.60. The molecule has 18 heavy (non-hydrogen) atoms. The summed E-state index contributed by atoms with van der Waals surface area (Å²) in [4.78, 5) is 0. The third kappa shape index (κ3) is 1.59. The highest BCUT2D eigenvalue weighted by molar-refractivity contribution is 5.64. The number of hydrogen-bond acceptors (Lipinski definition) is 4. The highest BCUT2D eigenvalue weighted by Crippen LogP contribution is 2.32. The molecule has 1 unspecified atom stereocenters. The lowest BCUT2D eigenvalue weighted by Gasteiger charge is -2.20. The van der Waals surface area contributed by atoms with Crippen LogP contribution in [0.5, 0.6) is 5.75 Å². The fourth-order valence-corrected chi connectivity index (χ4v) is 2.41. The van der Waals surface area contributed by atoms with Gasteiger partial charge >= 0.3 is 0 Å². The molecular formula is C13H16N4O. The lowest BCUT2D eigenvalue weighted by molar-refractivity contribution is 0.414. The van der Waals surface area contributed by atoms with Gasteiger partial charge in [0.1, 0.15) is 11.6 Å². The van der Waals surface area contributed by atoms with Crippen molar-refractivity contribution in [2.45, 2.75) is 25.9 Å². The van der Waals surface area contributed by atoms with E-state index in [1.807, 2.05) is 19.1 Å². The van der Waals surface area contributed by atoms with Crippen LogP contribution in [0.25, 0.3) is 11.4 Å². The molecule has 1 aromatic carbocycles. The number of aryl methyl sites for hydroxylation is 1. The van der Waals surface area contributed by atoms with Crippen molar-refractivity contribution in [1.82, 2.24) is 14.8 Å². The van der Waals surface area contributed by atoms with Crippen molar-refractivity contribution in [3.8, 4) is 17.1 Å². The van der Waals surface area contributed by atoms with Gasteiger partial charge in [0, 0.05) is 12.1 Å². The molecule has 2 heterocycles. The highest BCUT2D eigenvalue weighted by Gasteiger charge is 2.22. The molecule has 0 radical (unpaired) electrons. The average molecular weight is 244 g/mol. The quantitative estimate of drug-likeness (QED) is 0.870. The topological polar surface area (TPSA) is 66.0 Å². The molecule has 0 amide bonds. The first-order chi connectivity index (χ1) is 8.70. The second kappa shape index (κ2) is 4.10. The van der Waals surface area contributed by atoms with E-state index in [2.05, 4.69) is 20.8 Å². The number of hydrogen-bond donors (Lipinski definition) is 1. The summed E-state index contributed by atoms with van der Waals surface area (Å²) in [5.74, 6) is 2.58. The number of aromatic nitrogens is 3. The van der Waals surface area contributed by atoms with E-state index in [4.69, 9.17) is 10.5 Å². The Morgan fingerprint density at radius 2 is 2.22 bits per heavy atom. The number of rotatable bonds is 2. The van der Waals surface area contributed by atoms with Gasteiger partial charge in [0.05, 0.1) is 13.2 Å². The molecular weight excluding hydrogens is 228 g/mol. The molecule has 2 aromatic rings. The van der Waals surface area contributed by atoms with Gasteiger partial charge in [0.15, 0.2) is 5.82 Å². The molecule has 5 nitrogen and oxygen atoms in total. The Morgan fingerprint density at radius 3 is 2.94 bits per heavy atom. The predicted octanol–water partition coefficient (Wildman–Crippen LogP) is 1.53. The van der Waals surface area contributed by atoms with Crippen molar-refractivity contribution in [2.75, 3.05) is 7.11 Å². The Morgan fingerprint density at radius 1 is 1.39 bits per heavy atom. The first kappa shape index (κ1) is 11.2. The predicted molar refractivity (Wildman–Crippen MR) is 68.3 cm³/mol. The van der Waals surface area contributed by atoms with Gasteiger partial charge in [0.25, 0.3) is 0 Å². The van der Waals surface area contributed by atoms with Gasteiger partial charge in [-0.3, -0.25) is 0 Å². The number of methoxy groups -OCH3 is 1. The molecule has 2 N–H and O–H groups in total. The molecule has 0 aliphatic carbocycles. The molecule has 1 aliphatic rings. The van der Waals surface area contributed by atoms with Gasteiger partial charge in [-0.1, -0.05) is 6.07 Å². The van der Waals surface area contributed by atoms with Crippen molar-refractivity contribution >= 4 is 0 Å². The minimum absolute atomic E-state index is 0.0987. The SMILES string of the molecule is COc1ccc2c(c1)-c1nnc(C(C)N)n1CC2. The Kier molecular flexibility index (Phi) is 2.56. The van der Waals surface area contributed by atoms with Crippen LogP contribution in [0.1, 0.15) is 24.4 Å². The molecule has 3 rings (SSSR count). The number of ether oxygens (including phenoxy) is 1. The van der Waals surface area contributed by atoms with Gasteiger partial charge in [-0.05, 0) is 31.0 Å². The van der Waals surface area contributed by atoms with Crippen LogP contribution in [0.3, 0.4) is 0 Å². The largest absolute Gasteiger partial charge is 0.497 e. The van der Waals surface area contributed by atoms with E-state index in [0.717, 1.165) is 35.9 Å². The summed E-state index contributed by atoms with van der Waals surface area (Å²) in [7, 11) is 1.67. The Bertz CT molecular complexity index is 589. The van der Waals surface area contributed by atoms with E-state index in [1.54, 1.807) is 7.11 Å². The van der Waals surface area contributed by atoms with Crippen LogP contribution in [0.4, 0.5) is 0 Å². The summed E-state index contributed by atoms with van der Waals surface area (Å²) in [5, 5.41) is 8.47. The molecule has 1 aliphatic heterocycles. The summed E-state index contributed by atoms with van der Waals surface area (Å²) >= 11 is 0. The zero-order chi connectivity index (χ0) is 12.7. The fourth-order valence-electron chi connectivity index (χ4n) is 2.41. The standard InChI is InChI=1S/C13H16N4O/c1-8(14)12-15-16-13-11-7-10(18-2)4-3-9(11)5-6-17(12)13/h3-4,7-8H,5-6,14H2,1-2H3. The third-order valence-electron chi connectivity index (χ3n) is 3.35. The second-order valence-corrected chi connectivity index (χ2v) is 4.60. The first-order valence-corrected chi connectivity index (χ1v) is 6.06. The van der Waals surface area contributed by atoms with Crippen molar-refractivity contribution < 1.29 is 4.74 Å². The van der Waals surface area contributed by atoms with E-state index in [-0.39, 0.29) is 6.04 Å². The maximum absolute atomic E-state index is 5.91. The molecule has 1 atom stereocenters. The summed E-state index contributed by atoms with van der Waals surface area (Å²) in [6, 6.07) is 5.99. The summed E-state index contributed by atoms with van der Waals surface area (Å²) in [6.45, 7) is 2.82. The third-order valence-corrected chi connectivity index (χ3v) is 3.35. The maximum atomic E-state index is 5.91. The van der Waals surface area contributed by atoms with Crippen molar-refractivity contribution in [1.29, 1.82) is 0 Å². The molecule has 0 saturated heterocycles. The fraction of sp³-hybridized carbons (Fsp3) is 0.385. The number of nitrogens with zero attached hydrogens (tertiary/aromatic N) is 3. The summed E-state index contributed by atoms with van der Waals surface area (Å²) < 4.78 is 7.37. The van der Waals surface area contributed by atoms with E-state index in [0.29, 0.717) is 0 Å². The normalized spacial score (nSPS) is 14.8. The monoisotopic (exact) mass is 244 g/mol. The smallest absolute Gasteiger partial charge is 0.164 e. The van der Waals surface area contributed by atoms with E-state index >= 15 is 0 Å². The lowest BCUT2D eigenvalue weighted by Crippen LogP contribution is -2.18. The zero-order valence-corrected chi connectivity index (χ0v) is 10.6. The number of nitrogens with two attached hydrogens (primary N) is 1. The van der Waals surface area contributed by atoms with Gasteiger partial charge in [-0.2, -0.15) is 0 Å². The van der Waals surface area contributed by atoms with Gasteiger partial charge in [0.2, 0.25) is 0 Å². The zero-order valence-electron chi connectivity index (χ0n) is 10.6. The minimum Gasteiger partial charge on any atom is -0.497 e. The molecule has 0 saturated carbocycles. The van der Waals surface area contributed by atoms with Crippen LogP contribution >= 0.6 is 0 Å². The molecule has 0 spiro atoms. The van der Waals surface area contributed by atoms with Gasteiger partial charge in [-0.25, -0.2) is 0 Å². The van der Waals surface area contributed by atoms with Crippen molar-refractivity contribution in [2.24, 2.45) is 5.73 Å². The van der Waals surface area contributed by atoms with Crippen LogP contribution in [0.2, 0.25) is 0 Å². The van der Waals surface area contributed by atoms with Crippen molar-refractivity contribution in [3.63, 3.8) is 0 Å². The van der Waals surface area contributed by atoms with Crippen LogP contribution in [0.15, 0.2) is 18.2 Å². The van der Waals surface area contributed by atoms with E-state index in [1.165, 1.54) is 5.56 Å². The lowest BCUT2D eigenvalue weighted by atomic mass is 10.00. The van der Waals surface area contributed by atoms with Crippen LogP contribution in [0, 0.1) is 0 Å². The van der Waals surface area contributed by atoms with Crippen molar-refractivity contribution in [3.05, 3.63) is 29.6 Å². The summed E-state index contributed by atoms with van der Waals surface area (Å²) in [5.41, 5.74) is 8.29. The molecule has 0 bridgehead atoms. The molecule has 1 aromatic heterocycles. The Balaban J connectivity index is 2.16. The van der Waals surface area contributed by atoms with Crippen LogP contribution in [-0.4, -0.2) is 21.9 Å². The molecule has 94 valence electrons. The maximum Gasteiger partial charge on any atom is 0.164 e. The average Bonchev–Trinajstić information content (AvgIpc) is 2.82. The Labute approximate surface area is 106 Å². The number of benzene rings is 1. The van der Waals surface area contributed by atoms with Gasteiger partial charge < -0.3 is 15.0 Å². The van der Waals surface area contributed by atoms with Crippen LogP contribution < -0.4 is 10.5 Å².